The molecule has 0 atom stereocenters. The van der Waals surface area contributed by atoms with Crippen molar-refractivity contribution in [3.05, 3.63) is 53.6 Å². The number of fused-ring (bicyclic) bond motifs is 1. The predicted molar refractivity (Wildman–Crippen MR) is 90.3 cm³/mol. The fourth-order valence-corrected chi connectivity index (χ4v) is 3.36. The summed E-state index contributed by atoms with van der Waals surface area (Å²) in [5, 5.41) is 7.92. The molecular weight excluding hydrogens is 344 g/mol. The van der Waals surface area contributed by atoms with E-state index in [9.17, 15) is 13.2 Å². The van der Waals surface area contributed by atoms with Gasteiger partial charge in [-0.3, -0.25) is 0 Å². The summed E-state index contributed by atoms with van der Waals surface area (Å²) in [5.74, 6) is -0.519. The molecule has 1 N–H and O–H groups in total. The third-order valence-electron chi connectivity index (χ3n) is 3.73. The number of aromatic nitrogens is 3. The minimum Gasteiger partial charge on any atom is -0.465 e. The minimum absolute atomic E-state index is 0.0701. The largest absolute Gasteiger partial charge is 0.465 e. The highest BCUT2D eigenvalue weighted by Gasteiger charge is 2.15. The SMILES string of the molecule is COC(=O)c1ccc(S(=O)(=O)NCc2ccc3c(c2)nnn3C)cc1. The van der Waals surface area contributed by atoms with E-state index in [4.69, 9.17) is 0 Å². The van der Waals surface area contributed by atoms with E-state index < -0.39 is 16.0 Å². The second-order valence-electron chi connectivity index (χ2n) is 5.38. The van der Waals surface area contributed by atoms with E-state index in [1.165, 1.54) is 31.4 Å². The van der Waals surface area contributed by atoms with E-state index in [1.54, 1.807) is 17.8 Å². The van der Waals surface area contributed by atoms with Crippen LogP contribution in [0.2, 0.25) is 0 Å². The molecule has 3 aromatic rings. The van der Waals surface area contributed by atoms with Crippen molar-refractivity contribution in [2.24, 2.45) is 7.05 Å². The van der Waals surface area contributed by atoms with Crippen LogP contribution >= 0.6 is 0 Å². The highest BCUT2D eigenvalue weighted by Crippen LogP contribution is 2.15. The van der Waals surface area contributed by atoms with Crippen molar-refractivity contribution in [1.29, 1.82) is 0 Å². The van der Waals surface area contributed by atoms with Crippen molar-refractivity contribution in [1.82, 2.24) is 19.7 Å². The molecule has 0 saturated carbocycles. The summed E-state index contributed by atoms with van der Waals surface area (Å²) in [4.78, 5) is 11.5. The number of ether oxygens (including phenoxy) is 1. The van der Waals surface area contributed by atoms with Crippen molar-refractivity contribution in [2.45, 2.75) is 11.4 Å². The van der Waals surface area contributed by atoms with Crippen LogP contribution in [0.1, 0.15) is 15.9 Å². The Bertz CT molecular complexity index is 1030. The fourth-order valence-electron chi connectivity index (χ4n) is 2.35. The Balaban J connectivity index is 1.75. The van der Waals surface area contributed by atoms with Gasteiger partial charge in [0.15, 0.2) is 0 Å². The maximum Gasteiger partial charge on any atom is 0.337 e. The molecule has 3 rings (SSSR count). The minimum atomic E-state index is -3.70. The maximum atomic E-state index is 12.4. The number of nitrogens with one attached hydrogen (secondary N) is 1. The summed E-state index contributed by atoms with van der Waals surface area (Å²) in [6.07, 6.45) is 0. The number of sulfonamides is 1. The van der Waals surface area contributed by atoms with E-state index >= 15 is 0 Å². The standard InChI is InChI=1S/C16H16N4O4S/c1-20-15-8-3-11(9-14(15)18-19-20)10-17-25(22,23)13-6-4-12(5-7-13)16(21)24-2/h3-9,17H,10H2,1-2H3. The van der Waals surface area contributed by atoms with Crippen LogP contribution in [-0.2, 0) is 28.4 Å². The van der Waals surface area contributed by atoms with Gasteiger partial charge >= 0.3 is 5.97 Å². The van der Waals surface area contributed by atoms with Crippen molar-refractivity contribution in [2.75, 3.05) is 7.11 Å². The zero-order valence-electron chi connectivity index (χ0n) is 13.6. The number of rotatable bonds is 5. The number of carbonyl (C=O) groups is 1. The first-order valence-corrected chi connectivity index (χ1v) is 8.85. The van der Waals surface area contributed by atoms with E-state index in [1.807, 2.05) is 12.1 Å². The molecule has 2 aromatic carbocycles. The molecule has 0 fully saturated rings. The van der Waals surface area contributed by atoms with Crippen LogP contribution in [0.5, 0.6) is 0 Å². The summed E-state index contributed by atoms with van der Waals surface area (Å²) in [6, 6.07) is 11.0. The quantitative estimate of drug-likeness (QED) is 0.687. The molecule has 0 bridgehead atoms. The molecule has 1 aromatic heterocycles. The van der Waals surface area contributed by atoms with Crippen molar-refractivity contribution in [3.8, 4) is 0 Å². The molecule has 0 aliphatic carbocycles. The lowest BCUT2D eigenvalue weighted by molar-refractivity contribution is 0.0600. The second-order valence-corrected chi connectivity index (χ2v) is 7.14. The third kappa shape index (κ3) is 3.52. The number of benzene rings is 2. The lowest BCUT2D eigenvalue weighted by atomic mass is 10.2. The third-order valence-corrected chi connectivity index (χ3v) is 5.14. The molecule has 0 spiro atoms. The molecule has 0 amide bonds. The van der Waals surface area contributed by atoms with Gasteiger partial charge in [-0.2, -0.15) is 0 Å². The molecule has 1 heterocycles. The Kier molecular flexibility index (Phi) is 4.51. The molecular formula is C16H16N4O4S. The Morgan fingerprint density at radius 3 is 2.60 bits per heavy atom. The molecule has 25 heavy (non-hydrogen) atoms. The summed E-state index contributed by atoms with van der Waals surface area (Å²) in [6.45, 7) is 0.119. The second kappa shape index (κ2) is 6.61. The Morgan fingerprint density at radius 2 is 1.92 bits per heavy atom. The molecule has 0 aliphatic rings. The number of methoxy groups -OCH3 is 1. The molecule has 0 aliphatic heterocycles. The van der Waals surface area contributed by atoms with Crippen LogP contribution < -0.4 is 4.72 Å². The number of esters is 1. The van der Waals surface area contributed by atoms with Gasteiger partial charge in [0.1, 0.15) is 5.52 Å². The highest BCUT2D eigenvalue weighted by atomic mass is 32.2. The number of hydrogen-bond donors (Lipinski definition) is 1. The van der Waals surface area contributed by atoms with E-state index in [2.05, 4.69) is 19.8 Å². The Labute approximate surface area is 144 Å². The number of hydrogen-bond acceptors (Lipinski definition) is 6. The van der Waals surface area contributed by atoms with E-state index in [0.717, 1.165) is 11.1 Å². The first-order chi connectivity index (χ1) is 11.9. The van der Waals surface area contributed by atoms with Gasteiger partial charge in [-0.15, -0.1) is 5.10 Å². The molecule has 8 nitrogen and oxygen atoms in total. The topological polar surface area (TPSA) is 103 Å². The summed E-state index contributed by atoms with van der Waals surface area (Å²) in [5.41, 5.74) is 2.61. The van der Waals surface area contributed by atoms with Gasteiger partial charge in [-0.1, -0.05) is 11.3 Å². The van der Waals surface area contributed by atoms with Gasteiger partial charge in [-0.25, -0.2) is 22.6 Å². The molecule has 130 valence electrons. The normalized spacial score (nSPS) is 11.6. The lowest BCUT2D eigenvalue weighted by Gasteiger charge is -2.08. The van der Waals surface area contributed by atoms with Crippen LogP contribution in [0.4, 0.5) is 0 Å². The van der Waals surface area contributed by atoms with Gasteiger partial charge in [0.05, 0.1) is 23.1 Å². The Hall–Kier alpha value is -2.78. The fraction of sp³-hybridized carbons (Fsp3) is 0.188. The van der Waals surface area contributed by atoms with Crippen molar-refractivity contribution >= 4 is 27.0 Å². The smallest absolute Gasteiger partial charge is 0.337 e. The Morgan fingerprint density at radius 1 is 1.20 bits per heavy atom. The van der Waals surface area contributed by atoms with Crippen LogP contribution in [0.25, 0.3) is 11.0 Å². The lowest BCUT2D eigenvalue weighted by Crippen LogP contribution is -2.23. The van der Waals surface area contributed by atoms with Gasteiger partial charge < -0.3 is 4.74 Å². The van der Waals surface area contributed by atoms with Crippen LogP contribution in [0, 0.1) is 0 Å². The average Bonchev–Trinajstić information content (AvgIpc) is 3.00. The summed E-state index contributed by atoms with van der Waals surface area (Å²) >= 11 is 0. The van der Waals surface area contributed by atoms with Gasteiger partial charge in [0, 0.05) is 13.6 Å². The first-order valence-electron chi connectivity index (χ1n) is 7.37. The van der Waals surface area contributed by atoms with Crippen LogP contribution in [0.15, 0.2) is 47.4 Å². The van der Waals surface area contributed by atoms with Crippen LogP contribution in [0.3, 0.4) is 0 Å². The molecule has 0 radical (unpaired) electrons. The number of carbonyl (C=O) groups excluding carboxylic acids is 1. The zero-order valence-corrected chi connectivity index (χ0v) is 14.4. The van der Waals surface area contributed by atoms with E-state index in [0.29, 0.717) is 5.52 Å². The van der Waals surface area contributed by atoms with E-state index in [-0.39, 0.29) is 17.0 Å². The van der Waals surface area contributed by atoms with Crippen molar-refractivity contribution in [3.63, 3.8) is 0 Å². The van der Waals surface area contributed by atoms with Gasteiger partial charge in [0.25, 0.3) is 0 Å². The predicted octanol–water partition coefficient (Wildman–Crippen LogP) is 1.23. The molecule has 0 saturated heterocycles. The van der Waals surface area contributed by atoms with Gasteiger partial charge in [0.2, 0.25) is 10.0 Å². The number of nitrogens with zero attached hydrogens (tertiary/aromatic N) is 3. The van der Waals surface area contributed by atoms with Crippen molar-refractivity contribution < 1.29 is 17.9 Å². The summed E-state index contributed by atoms with van der Waals surface area (Å²) in [7, 11) is -0.645. The highest BCUT2D eigenvalue weighted by molar-refractivity contribution is 7.89. The molecule has 0 unspecified atom stereocenters. The van der Waals surface area contributed by atoms with Crippen LogP contribution in [-0.4, -0.2) is 36.5 Å². The monoisotopic (exact) mass is 360 g/mol. The first kappa shape index (κ1) is 17.1. The summed E-state index contributed by atoms with van der Waals surface area (Å²) < 4.78 is 33.5. The average molecular weight is 360 g/mol. The molecule has 9 heteroatoms. The number of aryl methyl sites for hydroxylation is 1. The maximum absolute atomic E-state index is 12.4. The van der Waals surface area contributed by atoms with Gasteiger partial charge in [-0.05, 0) is 42.0 Å². The zero-order chi connectivity index (χ0) is 18.0.